The molecule has 0 radical (unpaired) electrons. The molecule has 0 saturated heterocycles. The normalized spacial score (nSPS) is 11.0. The van der Waals surface area contributed by atoms with Gasteiger partial charge in [-0.05, 0) is 6.07 Å². The minimum Gasteiger partial charge on any atom is -0.332 e. The number of hydrogen-bond donors (Lipinski definition) is 2. The van der Waals surface area contributed by atoms with Crippen LogP contribution in [0.3, 0.4) is 0 Å². The van der Waals surface area contributed by atoms with E-state index >= 15 is 0 Å². The molecule has 0 saturated carbocycles. The summed E-state index contributed by atoms with van der Waals surface area (Å²) in [7, 11) is 0. The summed E-state index contributed by atoms with van der Waals surface area (Å²) in [6.07, 6.45) is 0. The SMILES string of the molecule is CC(C)NCc1noc(-c2ccc(=O)[nH]n2)n1. The van der Waals surface area contributed by atoms with Crippen molar-refractivity contribution in [3.63, 3.8) is 0 Å². The van der Waals surface area contributed by atoms with Gasteiger partial charge < -0.3 is 9.84 Å². The van der Waals surface area contributed by atoms with Crippen LogP contribution in [0, 0.1) is 0 Å². The van der Waals surface area contributed by atoms with E-state index in [1.165, 1.54) is 12.1 Å². The second-order valence-corrected chi connectivity index (χ2v) is 3.86. The predicted molar refractivity (Wildman–Crippen MR) is 60.1 cm³/mol. The van der Waals surface area contributed by atoms with E-state index in [4.69, 9.17) is 4.52 Å². The standard InChI is InChI=1S/C10H13N5O2/c1-6(2)11-5-8-12-10(17-15-8)7-3-4-9(16)14-13-7/h3-4,6,11H,5H2,1-2H3,(H,14,16). The van der Waals surface area contributed by atoms with Gasteiger partial charge in [-0.25, -0.2) is 5.10 Å². The Morgan fingerprint density at radius 2 is 2.29 bits per heavy atom. The number of rotatable bonds is 4. The molecule has 0 spiro atoms. The van der Waals surface area contributed by atoms with Crippen molar-refractivity contribution in [2.45, 2.75) is 26.4 Å². The van der Waals surface area contributed by atoms with E-state index in [0.717, 1.165) is 0 Å². The third-order valence-corrected chi connectivity index (χ3v) is 2.03. The molecule has 0 fully saturated rings. The van der Waals surface area contributed by atoms with Gasteiger partial charge in [-0.2, -0.15) is 10.1 Å². The van der Waals surface area contributed by atoms with Crippen molar-refractivity contribution >= 4 is 0 Å². The Kier molecular flexibility index (Phi) is 3.29. The van der Waals surface area contributed by atoms with Crippen molar-refractivity contribution < 1.29 is 4.52 Å². The largest absolute Gasteiger partial charge is 0.332 e. The van der Waals surface area contributed by atoms with E-state index < -0.39 is 0 Å². The maximum atomic E-state index is 10.8. The van der Waals surface area contributed by atoms with Gasteiger partial charge in [0.2, 0.25) is 0 Å². The van der Waals surface area contributed by atoms with Crippen molar-refractivity contribution in [3.05, 3.63) is 28.3 Å². The molecule has 0 unspecified atom stereocenters. The van der Waals surface area contributed by atoms with Gasteiger partial charge in [0, 0.05) is 12.1 Å². The Morgan fingerprint density at radius 1 is 1.47 bits per heavy atom. The van der Waals surface area contributed by atoms with E-state index in [1.54, 1.807) is 0 Å². The lowest BCUT2D eigenvalue weighted by molar-refractivity contribution is 0.415. The van der Waals surface area contributed by atoms with Gasteiger partial charge in [0.15, 0.2) is 5.82 Å². The Hall–Kier alpha value is -2.02. The van der Waals surface area contributed by atoms with Crippen LogP contribution in [0.2, 0.25) is 0 Å². The summed E-state index contributed by atoms with van der Waals surface area (Å²) in [6, 6.07) is 3.24. The monoisotopic (exact) mass is 235 g/mol. The third-order valence-electron chi connectivity index (χ3n) is 2.03. The Balaban J connectivity index is 2.12. The summed E-state index contributed by atoms with van der Waals surface area (Å²) < 4.78 is 5.04. The van der Waals surface area contributed by atoms with Crippen molar-refractivity contribution in [2.24, 2.45) is 0 Å². The number of H-pyrrole nitrogens is 1. The second kappa shape index (κ2) is 4.88. The highest BCUT2D eigenvalue weighted by molar-refractivity contribution is 5.44. The molecule has 0 aliphatic rings. The lowest BCUT2D eigenvalue weighted by Gasteiger charge is -2.02. The molecule has 2 rings (SSSR count). The van der Waals surface area contributed by atoms with Crippen LogP contribution < -0.4 is 10.9 Å². The molecule has 0 bridgehead atoms. The number of nitrogens with one attached hydrogen (secondary N) is 2. The first-order valence-electron chi connectivity index (χ1n) is 5.27. The molecular formula is C10H13N5O2. The lowest BCUT2D eigenvalue weighted by atomic mass is 10.4. The van der Waals surface area contributed by atoms with E-state index in [-0.39, 0.29) is 5.56 Å². The Bertz CT molecular complexity index is 525. The average Bonchev–Trinajstić information content (AvgIpc) is 2.76. The molecule has 2 aromatic rings. The van der Waals surface area contributed by atoms with Crippen LogP contribution in [-0.4, -0.2) is 26.4 Å². The third kappa shape index (κ3) is 2.97. The molecular weight excluding hydrogens is 222 g/mol. The molecule has 0 amide bonds. The smallest absolute Gasteiger partial charge is 0.278 e. The quantitative estimate of drug-likeness (QED) is 0.792. The zero-order valence-electron chi connectivity index (χ0n) is 9.60. The van der Waals surface area contributed by atoms with Crippen LogP contribution >= 0.6 is 0 Å². The molecule has 7 nitrogen and oxygen atoms in total. The van der Waals surface area contributed by atoms with Gasteiger partial charge in [0.05, 0.1) is 6.54 Å². The van der Waals surface area contributed by atoms with Crippen LogP contribution in [0.1, 0.15) is 19.7 Å². The molecule has 0 aromatic carbocycles. The summed E-state index contributed by atoms with van der Waals surface area (Å²) in [5.41, 5.74) is 0.183. The van der Waals surface area contributed by atoms with Crippen molar-refractivity contribution in [1.82, 2.24) is 25.7 Å². The summed E-state index contributed by atoms with van der Waals surface area (Å²) >= 11 is 0. The summed E-state index contributed by atoms with van der Waals surface area (Å²) in [5.74, 6) is 0.850. The summed E-state index contributed by atoms with van der Waals surface area (Å²) in [4.78, 5) is 15.0. The predicted octanol–water partition coefficient (Wildman–Crippen LogP) is 0.318. The first kappa shape index (κ1) is 11.5. The van der Waals surface area contributed by atoms with Crippen LogP contribution in [0.5, 0.6) is 0 Å². The van der Waals surface area contributed by atoms with Gasteiger partial charge in [-0.3, -0.25) is 4.79 Å². The first-order valence-corrected chi connectivity index (χ1v) is 5.27. The van der Waals surface area contributed by atoms with Gasteiger partial charge in [0.25, 0.3) is 11.4 Å². The van der Waals surface area contributed by atoms with E-state index in [0.29, 0.717) is 30.0 Å². The maximum absolute atomic E-state index is 10.8. The highest BCUT2D eigenvalue weighted by Gasteiger charge is 2.10. The fraction of sp³-hybridized carbons (Fsp3) is 0.400. The minimum absolute atomic E-state index is 0.269. The number of nitrogens with zero attached hydrogens (tertiary/aromatic N) is 3. The minimum atomic E-state index is -0.269. The van der Waals surface area contributed by atoms with E-state index in [2.05, 4.69) is 25.7 Å². The molecule has 2 aromatic heterocycles. The zero-order valence-corrected chi connectivity index (χ0v) is 9.60. The van der Waals surface area contributed by atoms with Crippen LogP contribution in [0.4, 0.5) is 0 Å². The molecule has 17 heavy (non-hydrogen) atoms. The van der Waals surface area contributed by atoms with Gasteiger partial charge in [0.1, 0.15) is 5.69 Å². The van der Waals surface area contributed by atoms with E-state index in [1.807, 2.05) is 13.8 Å². The fourth-order valence-corrected chi connectivity index (χ4v) is 1.19. The first-order chi connectivity index (χ1) is 8.15. The molecule has 90 valence electrons. The van der Waals surface area contributed by atoms with E-state index in [9.17, 15) is 4.79 Å². The molecule has 0 aliphatic carbocycles. The molecule has 0 aliphatic heterocycles. The van der Waals surface area contributed by atoms with Gasteiger partial charge >= 0.3 is 0 Å². The van der Waals surface area contributed by atoms with Gasteiger partial charge in [-0.1, -0.05) is 19.0 Å². The number of aromatic amines is 1. The highest BCUT2D eigenvalue weighted by atomic mass is 16.5. The lowest BCUT2D eigenvalue weighted by Crippen LogP contribution is -2.22. The van der Waals surface area contributed by atoms with Crippen molar-refractivity contribution in [3.8, 4) is 11.6 Å². The highest BCUT2D eigenvalue weighted by Crippen LogP contribution is 2.11. The second-order valence-electron chi connectivity index (χ2n) is 3.86. The number of hydrogen-bond acceptors (Lipinski definition) is 6. The van der Waals surface area contributed by atoms with Gasteiger partial charge in [-0.15, -0.1) is 0 Å². The summed E-state index contributed by atoms with van der Waals surface area (Å²) in [6.45, 7) is 4.60. The Morgan fingerprint density at radius 3 is 2.94 bits per heavy atom. The van der Waals surface area contributed by atoms with Crippen LogP contribution in [0.25, 0.3) is 11.6 Å². The fourth-order valence-electron chi connectivity index (χ4n) is 1.19. The molecule has 7 heteroatoms. The average molecular weight is 235 g/mol. The zero-order chi connectivity index (χ0) is 12.3. The maximum Gasteiger partial charge on any atom is 0.278 e. The van der Waals surface area contributed by atoms with Crippen molar-refractivity contribution in [1.29, 1.82) is 0 Å². The molecule has 2 N–H and O–H groups in total. The van der Waals surface area contributed by atoms with Crippen LogP contribution in [-0.2, 0) is 6.54 Å². The molecule has 2 heterocycles. The summed E-state index contributed by atoms with van der Waals surface area (Å²) in [5, 5.41) is 13.1. The number of aromatic nitrogens is 4. The van der Waals surface area contributed by atoms with Crippen molar-refractivity contribution in [2.75, 3.05) is 0 Å². The topological polar surface area (TPSA) is 96.7 Å². The Labute approximate surface area is 97.3 Å². The van der Waals surface area contributed by atoms with Crippen LogP contribution in [0.15, 0.2) is 21.5 Å². The molecule has 0 atom stereocenters.